The first-order valence-corrected chi connectivity index (χ1v) is 11.9. The van der Waals surface area contributed by atoms with E-state index in [0.29, 0.717) is 12.8 Å². The zero-order chi connectivity index (χ0) is 23.0. The number of nitrogens with zero attached hydrogens (tertiary/aromatic N) is 1. The summed E-state index contributed by atoms with van der Waals surface area (Å²) >= 11 is 0. The zero-order valence-corrected chi connectivity index (χ0v) is 19.0. The number of aromatic nitrogens is 1. The van der Waals surface area contributed by atoms with Crippen molar-refractivity contribution in [2.75, 3.05) is 6.54 Å². The van der Waals surface area contributed by atoms with Crippen molar-refractivity contribution >= 4 is 22.5 Å². The summed E-state index contributed by atoms with van der Waals surface area (Å²) in [6.45, 7) is 0.548. The van der Waals surface area contributed by atoms with E-state index in [0.717, 1.165) is 53.1 Å². The van der Waals surface area contributed by atoms with E-state index in [4.69, 9.17) is 10.5 Å². The lowest BCUT2D eigenvalue weighted by Gasteiger charge is -2.20. The third-order valence-corrected chi connectivity index (χ3v) is 6.69. The number of benzene rings is 2. The molecule has 0 radical (unpaired) electrons. The third-order valence-electron chi connectivity index (χ3n) is 6.69. The average molecular weight is 445 g/mol. The van der Waals surface area contributed by atoms with Crippen molar-refractivity contribution in [3.63, 3.8) is 0 Å². The molecule has 1 aromatic heterocycles. The molecule has 33 heavy (non-hydrogen) atoms. The molecule has 0 amide bonds. The van der Waals surface area contributed by atoms with Crippen molar-refractivity contribution in [1.29, 1.82) is 0 Å². The van der Waals surface area contributed by atoms with Gasteiger partial charge in [0.1, 0.15) is 12.4 Å². The lowest BCUT2D eigenvalue weighted by Crippen LogP contribution is -2.22. The number of ether oxygens (including phenoxy) is 1. The molecule has 0 bridgehead atoms. The van der Waals surface area contributed by atoms with Gasteiger partial charge in [0.05, 0.1) is 11.8 Å². The number of ketones is 1. The van der Waals surface area contributed by atoms with Gasteiger partial charge in [0.25, 0.3) is 0 Å². The van der Waals surface area contributed by atoms with Crippen molar-refractivity contribution in [2.45, 2.75) is 57.5 Å². The summed E-state index contributed by atoms with van der Waals surface area (Å²) in [6, 6.07) is 15.9. The number of pyridine rings is 1. The van der Waals surface area contributed by atoms with Crippen molar-refractivity contribution in [3.8, 4) is 0 Å². The number of Topliss-reactive ketones (excluding diaryl/α,β-unsaturated/α-hetero) is 1. The van der Waals surface area contributed by atoms with E-state index in [1.165, 1.54) is 6.42 Å². The van der Waals surface area contributed by atoms with Crippen LogP contribution in [0.2, 0.25) is 0 Å². The highest BCUT2D eigenvalue weighted by atomic mass is 16.5. The van der Waals surface area contributed by atoms with Crippen LogP contribution in [0.5, 0.6) is 0 Å². The Morgan fingerprint density at radius 1 is 0.970 bits per heavy atom. The Kier molecular flexibility index (Phi) is 7.84. The fourth-order valence-electron chi connectivity index (χ4n) is 4.64. The highest BCUT2D eigenvalue weighted by molar-refractivity contribution is 5.86. The molecule has 3 aromatic rings. The zero-order valence-electron chi connectivity index (χ0n) is 19.0. The largest absolute Gasteiger partial charge is 0.461 e. The van der Waals surface area contributed by atoms with Crippen LogP contribution in [0.1, 0.15) is 61.1 Å². The molecule has 1 heterocycles. The normalized spacial score (nSPS) is 15.3. The number of carbonyl (C=O) groups is 2. The Labute approximate surface area is 195 Å². The van der Waals surface area contributed by atoms with Crippen LogP contribution in [0.25, 0.3) is 10.8 Å². The molecule has 4 rings (SSSR count). The van der Waals surface area contributed by atoms with E-state index in [1.807, 2.05) is 42.6 Å². The Morgan fingerprint density at radius 3 is 2.48 bits per heavy atom. The summed E-state index contributed by atoms with van der Waals surface area (Å²) in [7, 11) is 0. The first kappa shape index (κ1) is 23.1. The van der Waals surface area contributed by atoms with Gasteiger partial charge in [-0.05, 0) is 47.4 Å². The monoisotopic (exact) mass is 444 g/mol. The molecule has 1 fully saturated rings. The molecular weight excluding hydrogens is 412 g/mol. The fraction of sp³-hybridized carbons (Fsp3) is 0.393. The second-order valence-electron chi connectivity index (χ2n) is 9.00. The summed E-state index contributed by atoms with van der Waals surface area (Å²) in [5.41, 5.74) is 8.94. The number of aryl methyl sites for hydroxylation is 1. The Morgan fingerprint density at radius 2 is 1.73 bits per heavy atom. The molecule has 5 heteroatoms. The van der Waals surface area contributed by atoms with Crippen LogP contribution in [0.15, 0.2) is 60.9 Å². The van der Waals surface area contributed by atoms with Crippen LogP contribution in [0, 0.1) is 5.92 Å². The molecule has 0 spiro atoms. The topological polar surface area (TPSA) is 82.3 Å². The molecule has 1 unspecified atom stereocenters. The second kappa shape index (κ2) is 11.2. The Bertz CT molecular complexity index is 1090. The number of hydrogen-bond acceptors (Lipinski definition) is 5. The highest BCUT2D eigenvalue weighted by Gasteiger charge is 2.23. The minimum atomic E-state index is -0.325. The van der Waals surface area contributed by atoms with Gasteiger partial charge in [-0.25, -0.2) is 0 Å². The first-order chi connectivity index (χ1) is 16.1. The molecule has 5 nitrogen and oxygen atoms in total. The highest BCUT2D eigenvalue weighted by Crippen LogP contribution is 2.25. The lowest BCUT2D eigenvalue weighted by molar-refractivity contribution is -0.151. The van der Waals surface area contributed by atoms with Gasteiger partial charge < -0.3 is 10.5 Å². The van der Waals surface area contributed by atoms with Crippen LogP contribution < -0.4 is 5.73 Å². The maximum absolute atomic E-state index is 12.9. The van der Waals surface area contributed by atoms with E-state index in [2.05, 4.69) is 17.1 Å². The van der Waals surface area contributed by atoms with Gasteiger partial charge in [-0.1, -0.05) is 61.7 Å². The molecule has 0 saturated heterocycles. The second-order valence-corrected chi connectivity index (χ2v) is 9.00. The average Bonchev–Trinajstić information content (AvgIpc) is 2.87. The molecule has 1 aliphatic rings. The summed E-state index contributed by atoms with van der Waals surface area (Å²) in [5, 5.41) is 2.22. The number of hydrogen-bond donors (Lipinski definition) is 1. The fourth-order valence-corrected chi connectivity index (χ4v) is 4.64. The minimum Gasteiger partial charge on any atom is -0.461 e. The third kappa shape index (κ3) is 6.05. The number of nitrogens with two attached hydrogens (primary N) is 1. The molecule has 2 aromatic carbocycles. The molecule has 0 aliphatic heterocycles. The Balaban J connectivity index is 1.31. The van der Waals surface area contributed by atoms with Gasteiger partial charge in [-0.15, -0.1) is 0 Å². The van der Waals surface area contributed by atoms with Gasteiger partial charge in [-0.3, -0.25) is 14.6 Å². The van der Waals surface area contributed by atoms with Crippen LogP contribution in [-0.4, -0.2) is 23.3 Å². The predicted molar refractivity (Wildman–Crippen MR) is 130 cm³/mol. The number of carbonyl (C=O) groups excluding carboxylic acids is 2. The molecule has 172 valence electrons. The lowest BCUT2D eigenvalue weighted by atomic mass is 9.89. The molecule has 1 saturated carbocycles. The predicted octanol–water partition coefficient (Wildman–Crippen LogP) is 5.10. The maximum atomic E-state index is 12.9. The van der Waals surface area contributed by atoms with Crippen molar-refractivity contribution in [2.24, 2.45) is 11.7 Å². The summed E-state index contributed by atoms with van der Waals surface area (Å²) in [5.74, 6) is -0.215. The van der Waals surface area contributed by atoms with Crippen LogP contribution in [0.3, 0.4) is 0 Å². The van der Waals surface area contributed by atoms with Crippen molar-refractivity contribution < 1.29 is 14.3 Å². The summed E-state index contributed by atoms with van der Waals surface area (Å²) in [6.07, 6.45) is 10.1. The van der Waals surface area contributed by atoms with Gasteiger partial charge in [-0.2, -0.15) is 0 Å². The molecular formula is C28H32N2O3. The van der Waals surface area contributed by atoms with Crippen LogP contribution >= 0.6 is 0 Å². The van der Waals surface area contributed by atoms with E-state index in [9.17, 15) is 9.59 Å². The standard InChI is InChI=1S/C28H32N2O3/c29-17-26(27(31)13-9-20-6-12-25-18-30-15-14-24(25)16-20)22-10-7-21(8-11-22)19-33-28(32)23-4-2-1-3-5-23/h6-8,10-12,14-16,18,23,26H,1-5,9,13,17,19,29H2. The summed E-state index contributed by atoms with van der Waals surface area (Å²) < 4.78 is 5.53. The molecule has 1 atom stereocenters. The van der Waals surface area contributed by atoms with Gasteiger partial charge in [0.2, 0.25) is 0 Å². The number of fused-ring (bicyclic) bond motifs is 1. The maximum Gasteiger partial charge on any atom is 0.309 e. The van der Waals surface area contributed by atoms with Crippen LogP contribution in [-0.2, 0) is 27.4 Å². The summed E-state index contributed by atoms with van der Waals surface area (Å²) in [4.78, 5) is 29.3. The van der Waals surface area contributed by atoms with Crippen LogP contribution in [0.4, 0.5) is 0 Å². The quantitative estimate of drug-likeness (QED) is 0.464. The minimum absolute atomic E-state index is 0.0523. The Hall–Kier alpha value is -3.05. The molecule has 1 aliphatic carbocycles. The van der Waals surface area contributed by atoms with Crippen molar-refractivity contribution in [3.05, 3.63) is 77.6 Å². The van der Waals surface area contributed by atoms with Gasteiger partial charge in [0, 0.05) is 30.7 Å². The van der Waals surface area contributed by atoms with Gasteiger partial charge in [0.15, 0.2) is 0 Å². The first-order valence-electron chi connectivity index (χ1n) is 11.9. The van der Waals surface area contributed by atoms with E-state index >= 15 is 0 Å². The molecule has 2 N–H and O–H groups in total. The van der Waals surface area contributed by atoms with E-state index in [-0.39, 0.29) is 36.7 Å². The van der Waals surface area contributed by atoms with Gasteiger partial charge >= 0.3 is 5.97 Å². The van der Waals surface area contributed by atoms with Crippen molar-refractivity contribution in [1.82, 2.24) is 4.98 Å². The number of rotatable bonds is 9. The van der Waals surface area contributed by atoms with E-state index < -0.39 is 0 Å². The van der Waals surface area contributed by atoms with E-state index in [1.54, 1.807) is 6.20 Å². The smallest absolute Gasteiger partial charge is 0.309 e. The number of esters is 1. The SMILES string of the molecule is NCC(C(=O)CCc1ccc2cnccc2c1)c1ccc(COC(=O)C2CCCCC2)cc1.